The Bertz CT molecular complexity index is 1290. The quantitative estimate of drug-likeness (QED) is 0.474. The third-order valence-electron chi connectivity index (χ3n) is 4.72. The molecule has 0 saturated heterocycles. The van der Waals surface area contributed by atoms with Crippen molar-refractivity contribution >= 4 is 22.4 Å². The van der Waals surface area contributed by atoms with Crippen LogP contribution in [-0.2, 0) is 0 Å². The van der Waals surface area contributed by atoms with Crippen molar-refractivity contribution in [2.24, 2.45) is 0 Å². The molecule has 0 aliphatic rings. The van der Waals surface area contributed by atoms with Crippen LogP contribution in [0, 0.1) is 6.92 Å². The van der Waals surface area contributed by atoms with Crippen molar-refractivity contribution in [2.75, 3.05) is 5.32 Å². The van der Waals surface area contributed by atoms with E-state index in [4.69, 9.17) is 4.98 Å². The number of amides is 1. The molecule has 0 spiro atoms. The van der Waals surface area contributed by atoms with Gasteiger partial charge in [-0.2, -0.15) is 5.10 Å². The number of aryl methyl sites for hydroxylation is 1. The second kappa shape index (κ2) is 8.65. The number of thiazole rings is 1. The molecule has 4 aromatic rings. The highest BCUT2D eigenvalue weighted by atomic mass is 32.1. The largest absolute Gasteiger partial charge is 0.298 e. The third-order valence-corrected chi connectivity index (χ3v) is 5.72. The van der Waals surface area contributed by atoms with Crippen LogP contribution in [-0.4, -0.2) is 20.7 Å². The van der Waals surface area contributed by atoms with Crippen LogP contribution < -0.4 is 10.9 Å². The molecule has 0 saturated carbocycles. The molecule has 2 aromatic carbocycles. The molecular formula is C24H22N4O2S. The van der Waals surface area contributed by atoms with Gasteiger partial charge in [0.25, 0.3) is 11.5 Å². The summed E-state index contributed by atoms with van der Waals surface area (Å²) < 4.78 is 1.45. The van der Waals surface area contributed by atoms with E-state index in [9.17, 15) is 9.59 Å². The van der Waals surface area contributed by atoms with Gasteiger partial charge in [0, 0.05) is 17.2 Å². The molecule has 0 fully saturated rings. The first-order valence-corrected chi connectivity index (χ1v) is 10.8. The van der Waals surface area contributed by atoms with Crippen LogP contribution in [0.5, 0.6) is 0 Å². The van der Waals surface area contributed by atoms with Gasteiger partial charge in [0.2, 0.25) is 0 Å². The number of carbonyl (C=O) groups is 1. The molecule has 31 heavy (non-hydrogen) atoms. The highest BCUT2D eigenvalue weighted by Gasteiger charge is 2.19. The molecule has 156 valence electrons. The molecular weight excluding hydrogens is 408 g/mol. The van der Waals surface area contributed by atoms with E-state index in [1.165, 1.54) is 22.1 Å². The number of benzene rings is 2. The van der Waals surface area contributed by atoms with Gasteiger partial charge in [0.05, 0.1) is 16.6 Å². The number of carbonyl (C=O) groups excluding carboxylic acids is 1. The first-order chi connectivity index (χ1) is 14.9. The summed E-state index contributed by atoms with van der Waals surface area (Å²) >= 11 is 1.34. The predicted molar refractivity (Wildman–Crippen MR) is 125 cm³/mol. The Morgan fingerprint density at radius 1 is 1.03 bits per heavy atom. The van der Waals surface area contributed by atoms with E-state index in [0.29, 0.717) is 22.1 Å². The lowest BCUT2D eigenvalue weighted by Gasteiger charge is -2.09. The summed E-state index contributed by atoms with van der Waals surface area (Å²) in [6.07, 6.45) is 0. The van der Waals surface area contributed by atoms with E-state index < -0.39 is 0 Å². The summed E-state index contributed by atoms with van der Waals surface area (Å²) in [6.45, 7) is 5.77. The Labute approximate surface area is 184 Å². The Morgan fingerprint density at radius 3 is 2.52 bits per heavy atom. The molecule has 0 atom stereocenters. The molecule has 4 rings (SSSR count). The zero-order valence-electron chi connectivity index (χ0n) is 17.5. The highest BCUT2D eigenvalue weighted by molar-refractivity contribution is 7.19. The fraction of sp³-hybridized carbons (Fsp3) is 0.167. The van der Waals surface area contributed by atoms with Crippen LogP contribution >= 0.6 is 11.3 Å². The minimum absolute atomic E-state index is 0.0685. The molecule has 2 aromatic heterocycles. The van der Waals surface area contributed by atoms with Crippen LogP contribution in [0.15, 0.2) is 71.5 Å². The Kier molecular flexibility index (Phi) is 5.77. The minimum Gasteiger partial charge on any atom is -0.298 e. The first-order valence-electron chi connectivity index (χ1n) is 9.97. The molecule has 0 aliphatic heterocycles. The lowest BCUT2D eigenvalue weighted by atomic mass is 10.1. The number of nitrogens with zero attached hydrogens (tertiary/aromatic N) is 3. The third kappa shape index (κ3) is 4.46. The Morgan fingerprint density at radius 2 is 1.81 bits per heavy atom. The van der Waals surface area contributed by atoms with E-state index in [1.807, 2.05) is 69.3 Å². The van der Waals surface area contributed by atoms with Gasteiger partial charge >= 0.3 is 0 Å². The molecule has 0 bridgehead atoms. The maximum absolute atomic E-state index is 12.7. The Hall–Kier alpha value is -3.58. The van der Waals surface area contributed by atoms with E-state index in [2.05, 4.69) is 10.4 Å². The van der Waals surface area contributed by atoms with Crippen molar-refractivity contribution in [3.05, 3.63) is 88.2 Å². The number of rotatable bonds is 5. The predicted octanol–water partition coefficient (Wildman–Crippen LogP) is 5.18. The number of hydrogen-bond donors (Lipinski definition) is 1. The van der Waals surface area contributed by atoms with Gasteiger partial charge in [-0.25, -0.2) is 9.67 Å². The maximum Gasteiger partial charge on any atom is 0.267 e. The van der Waals surface area contributed by atoms with Crippen LogP contribution in [0.25, 0.3) is 21.8 Å². The summed E-state index contributed by atoms with van der Waals surface area (Å²) in [5.74, 6) is -0.219. The molecule has 7 heteroatoms. The number of hydrogen-bond acceptors (Lipinski definition) is 5. The van der Waals surface area contributed by atoms with Crippen molar-refractivity contribution in [1.29, 1.82) is 0 Å². The van der Waals surface area contributed by atoms with Gasteiger partial charge in [-0.05, 0) is 39.0 Å². The second-order valence-electron chi connectivity index (χ2n) is 7.48. The fourth-order valence-electron chi connectivity index (χ4n) is 3.21. The van der Waals surface area contributed by atoms with Crippen LogP contribution in [0.4, 0.5) is 5.13 Å². The molecule has 0 aliphatic carbocycles. The van der Waals surface area contributed by atoms with Gasteiger partial charge in [-0.3, -0.25) is 14.9 Å². The lowest BCUT2D eigenvalue weighted by molar-refractivity contribution is 0.102. The van der Waals surface area contributed by atoms with Gasteiger partial charge in [-0.1, -0.05) is 59.4 Å². The molecule has 2 heterocycles. The molecule has 1 amide bonds. The maximum atomic E-state index is 12.7. The molecule has 0 unspecified atom stereocenters. The van der Waals surface area contributed by atoms with E-state index in [0.717, 1.165) is 16.0 Å². The summed E-state index contributed by atoms with van der Waals surface area (Å²) in [5, 5.41) is 7.94. The highest BCUT2D eigenvalue weighted by Crippen LogP contribution is 2.38. The zero-order valence-corrected chi connectivity index (χ0v) is 18.3. The fourth-order valence-corrected chi connectivity index (χ4v) is 4.16. The average molecular weight is 431 g/mol. The number of anilines is 1. The van der Waals surface area contributed by atoms with Crippen LogP contribution in [0.1, 0.15) is 35.8 Å². The standard InChI is InChI=1S/C24H22N4O2S/c1-15(2)28-20(29)13-12-19(27-28)22-21(17-9-5-4-6-10-17)25-24(31-22)26-23(30)18-11-7-8-16(3)14-18/h4-15H,1-3H3,(H,25,26,30). The van der Waals surface area contributed by atoms with Gasteiger partial charge in [-0.15, -0.1) is 0 Å². The van der Waals surface area contributed by atoms with Crippen LogP contribution in [0.3, 0.4) is 0 Å². The SMILES string of the molecule is Cc1cccc(C(=O)Nc2nc(-c3ccccc3)c(-c3ccc(=O)n(C(C)C)n3)s2)c1. The van der Waals surface area contributed by atoms with Crippen molar-refractivity contribution < 1.29 is 4.79 Å². The zero-order chi connectivity index (χ0) is 22.0. The molecule has 6 nitrogen and oxygen atoms in total. The van der Waals surface area contributed by atoms with Gasteiger partial charge in [0.1, 0.15) is 5.69 Å². The lowest BCUT2D eigenvalue weighted by Crippen LogP contribution is -2.23. The minimum atomic E-state index is -0.219. The van der Waals surface area contributed by atoms with Gasteiger partial charge < -0.3 is 0 Å². The van der Waals surface area contributed by atoms with Gasteiger partial charge in [0.15, 0.2) is 5.13 Å². The number of aromatic nitrogens is 3. The van der Waals surface area contributed by atoms with E-state index in [-0.39, 0.29) is 17.5 Å². The normalized spacial score (nSPS) is 11.0. The van der Waals surface area contributed by atoms with E-state index >= 15 is 0 Å². The summed E-state index contributed by atoms with van der Waals surface area (Å²) in [7, 11) is 0. The summed E-state index contributed by atoms with van der Waals surface area (Å²) in [4.78, 5) is 30.4. The summed E-state index contributed by atoms with van der Waals surface area (Å²) in [6, 6.07) is 20.3. The van der Waals surface area contributed by atoms with E-state index in [1.54, 1.807) is 12.1 Å². The Balaban J connectivity index is 1.78. The smallest absolute Gasteiger partial charge is 0.267 e. The van der Waals surface area contributed by atoms with Crippen molar-refractivity contribution in [2.45, 2.75) is 26.8 Å². The van der Waals surface area contributed by atoms with Crippen LogP contribution in [0.2, 0.25) is 0 Å². The monoisotopic (exact) mass is 430 g/mol. The molecule has 0 radical (unpaired) electrons. The molecule has 1 N–H and O–H groups in total. The van der Waals surface area contributed by atoms with Crippen molar-refractivity contribution in [1.82, 2.24) is 14.8 Å². The second-order valence-corrected chi connectivity index (χ2v) is 8.48. The van der Waals surface area contributed by atoms with Crippen molar-refractivity contribution in [3.63, 3.8) is 0 Å². The summed E-state index contributed by atoms with van der Waals surface area (Å²) in [5.41, 5.74) is 3.70. The number of nitrogens with one attached hydrogen (secondary N) is 1. The average Bonchev–Trinajstić information content (AvgIpc) is 3.18. The topological polar surface area (TPSA) is 76.9 Å². The first kappa shape index (κ1) is 20.7. The van der Waals surface area contributed by atoms with Crippen molar-refractivity contribution in [3.8, 4) is 21.8 Å².